The Kier molecular flexibility index (Phi) is 5.56. The number of carbonyl (C=O) groups excluding carboxylic acids is 2. The largest absolute Gasteiger partial charge is 0.481 e. The maximum absolute atomic E-state index is 12.2. The molecular weight excluding hydrogens is 293 g/mol. The molecule has 21 heavy (non-hydrogen) atoms. The van der Waals surface area contributed by atoms with Gasteiger partial charge in [0.15, 0.2) is 0 Å². The monoisotopic (exact) mass is 310 g/mol. The van der Waals surface area contributed by atoms with Crippen LogP contribution in [0, 0.1) is 11.8 Å². The highest BCUT2D eigenvalue weighted by atomic mass is 19.4. The van der Waals surface area contributed by atoms with Crippen LogP contribution in [0.25, 0.3) is 0 Å². The SMILES string of the molecule is CC(CCNC(=O)C1CC(=O)N(CC(F)(F)F)C1)C(=O)O. The minimum Gasteiger partial charge on any atom is -0.481 e. The summed E-state index contributed by atoms with van der Waals surface area (Å²) in [5.41, 5.74) is 0. The van der Waals surface area contributed by atoms with Gasteiger partial charge >= 0.3 is 12.1 Å². The van der Waals surface area contributed by atoms with Gasteiger partial charge in [-0.3, -0.25) is 14.4 Å². The summed E-state index contributed by atoms with van der Waals surface area (Å²) in [5, 5.41) is 11.1. The molecule has 1 aliphatic rings. The lowest BCUT2D eigenvalue weighted by Crippen LogP contribution is -2.37. The van der Waals surface area contributed by atoms with Gasteiger partial charge in [-0.2, -0.15) is 13.2 Å². The van der Waals surface area contributed by atoms with Crippen molar-refractivity contribution in [2.45, 2.75) is 25.9 Å². The first kappa shape index (κ1) is 17.3. The second-order valence-electron chi connectivity index (χ2n) is 5.11. The molecule has 0 bridgehead atoms. The van der Waals surface area contributed by atoms with E-state index < -0.39 is 42.3 Å². The molecule has 1 fully saturated rings. The van der Waals surface area contributed by atoms with Gasteiger partial charge in [0.05, 0.1) is 11.8 Å². The summed E-state index contributed by atoms with van der Waals surface area (Å²) >= 11 is 0. The van der Waals surface area contributed by atoms with E-state index in [9.17, 15) is 27.6 Å². The molecule has 9 heteroatoms. The maximum Gasteiger partial charge on any atom is 0.406 e. The number of hydrogen-bond acceptors (Lipinski definition) is 3. The summed E-state index contributed by atoms with van der Waals surface area (Å²) in [6.07, 6.45) is -4.53. The van der Waals surface area contributed by atoms with Gasteiger partial charge in [-0.15, -0.1) is 0 Å². The molecule has 0 aromatic rings. The number of carboxylic acid groups (broad SMARTS) is 1. The van der Waals surface area contributed by atoms with E-state index in [4.69, 9.17) is 5.11 Å². The Balaban J connectivity index is 2.40. The van der Waals surface area contributed by atoms with Crippen LogP contribution in [0.4, 0.5) is 13.2 Å². The highest BCUT2D eigenvalue weighted by Gasteiger charge is 2.40. The van der Waals surface area contributed by atoms with E-state index in [0.29, 0.717) is 4.90 Å². The molecule has 0 aromatic carbocycles. The lowest BCUT2D eigenvalue weighted by molar-refractivity contribution is -0.157. The number of carboxylic acids is 1. The number of hydrogen-bond donors (Lipinski definition) is 2. The molecule has 2 unspecified atom stereocenters. The van der Waals surface area contributed by atoms with Crippen molar-refractivity contribution in [1.82, 2.24) is 10.2 Å². The molecule has 0 saturated carbocycles. The van der Waals surface area contributed by atoms with E-state index in [1.54, 1.807) is 0 Å². The fourth-order valence-electron chi connectivity index (χ4n) is 2.00. The van der Waals surface area contributed by atoms with Gasteiger partial charge in [-0.1, -0.05) is 6.92 Å². The molecule has 0 spiro atoms. The summed E-state index contributed by atoms with van der Waals surface area (Å²) < 4.78 is 36.7. The van der Waals surface area contributed by atoms with Crippen LogP contribution < -0.4 is 5.32 Å². The van der Waals surface area contributed by atoms with Crippen molar-refractivity contribution < 1.29 is 32.7 Å². The average molecular weight is 310 g/mol. The number of likely N-dealkylation sites (tertiary alicyclic amines) is 1. The van der Waals surface area contributed by atoms with Crippen molar-refractivity contribution in [2.75, 3.05) is 19.6 Å². The standard InChI is InChI=1S/C12H17F3N2O4/c1-7(11(20)21)2-3-16-10(19)8-4-9(18)17(5-8)6-12(13,14)15/h7-8H,2-6H2,1H3,(H,16,19)(H,20,21). The lowest BCUT2D eigenvalue weighted by Gasteiger charge is -2.18. The topological polar surface area (TPSA) is 86.7 Å². The Bertz CT molecular complexity index is 425. The fourth-order valence-corrected chi connectivity index (χ4v) is 2.00. The van der Waals surface area contributed by atoms with E-state index in [1.165, 1.54) is 6.92 Å². The third-order valence-electron chi connectivity index (χ3n) is 3.25. The summed E-state index contributed by atoms with van der Waals surface area (Å²) in [6.45, 7) is -0.0285. The molecule has 0 radical (unpaired) electrons. The van der Waals surface area contributed by atoms with Crippen LogP contribution in [0.5, 0.6) is 0 Å². The van der Waals surface area contributed by atoms with Crippen molar-refractivity contribution in [1.29, 1.82) is 0 Å². The van der Waals surface area contributed by atoms with Gasteiger partial charge in [0, 0.05) is 19.5 Å². The minimum absolute atomic E-state index is 0.107. The van der Waals surface area contributed by atoms with Gasteiger partial charge in [0.1, 0.15) is 6.54 Å². The van der Waals surface area contributed by atoms with Crippen molar-refractivity contribution in [2.24, 2.45) is 11.8 Å². The normalized spacial score (nSPS) is 20.5. The number of rotatable bonds is 6. The van der Waals surface area contributed by atoms with Gasteiger partial charge in [0.2, 0.25) is 11.8 Å². The first-order valence-electron chi connectivity index (χ1n) is 6.45. The van der Waals surface area contributed by atoms with Gasteiger partial charge < -0.3 is 15.3 Å². The van der Waals surface area contributed by atoms with Gasteiger partial charge in [0.25, 0.3) is 0 Å². The first-order chi connectivity index (χ1) is 9.60. The Morgan fingerprint density at radius 2 is 2.10 bits per heavy atom. The van der Waals surface area contributed by atoms with E-state index in [0.717, 1.165) is 0 Å². The molecule has 1 aliphatic heterocycles. The van der Waals surface area contributed by atoms with E-state index in [1.807, 2.05) is 0 Å². The molecule has 2 amide bonds. The number of carbonyl (C=O) groups is 3. The van der Waals surface area contributed by atoms with Crippen molar-refractivity contribution in [3.8, 4) is 0 Å². The molecule has 1 rings (SSSR count). The van der Waals surface area contributed by atoms with Crippen LogP contribution in [0.2, 0.25) is 0 Å². The van der Waals surface area contributed by atoms with Crippen molar-refractivity contribution >= 4 is 17.8 Å². The summed E-state index contributed by atoms with van der Waals surface area (Å²) in [7, 11) is 0. The van der Waals surface area contributed by atoms with E-state index in [-0.39, 0.29) is 25.9 Å². The number of nitrogens with one attached hydrogen (secondary N) is 1. The van der Waals surface area contributed by atoms with Gasteiger partial charge in [-0.05, 0) is 6.42 Å². The second kappa shape index (κ2) is 6.77. The Morgan fingerprint density at radius 3 is 2.62 bits per heavy atom. The van der Waals surface area contributed by atoms with Crippen molar-refractivity contribution in [3.05, 3.63) is 0 Å². The number of nitrogens with zero attached hydrogens (tertiary/aromatic N) is 1. The molecule has 1 heterocycles. The Hall–Kier alpha value is -1.80. The quantitative estimate of drug-likeness (QED) is 0.753. The third kappa shape index (κ3) is 5.60. The molecule has 2 N–H and O–H groups in total. The predicted molar refractivity (Wildman–Crippen MR) is 65.2 cm³/mol. The Labute approximate surface area is 119 Å². The molecule has 120 valence electrons. The van der Waals surface area contributed by atoms with Crippen LogP contribution in [-0.2, 0) is 14.4 Å². The number of halogens is 3. The molecule has 2 atom stereocenters. The van der Waals surface area contributed by atoms with E-state index in [2.05, 4.69) is 5.32 Å². The second-order valence-corrected chi connectivity index (χ2v) is 5.11. The zero-order chi connectivity index (χ0) is 16.2. The maximum atomic E-state index is 12.2. The van der Waals surface area contributed by atoms with E-state index >= 15 is 0 Å². The average Bonchev–Trinajstić information content (AvgIpc) is 2.68. The highest BCUT2D eigenvalue weighted by molar-refractivity contribution is 5.89. The van der Waals surface area contributed by atoms with Crippen LogP contribution in [0.1, 0.15) is 19.8 Å². The third-order valence-corrected chi connectivity index (χ3v) is 3.25. The van der Waals surface area contributed by atoms with Crippen LogP contribution in [-0.4, -0.2) is 53.6 Å². The highest BCUT2D eigenvalue weighted by Crippen LogP contribution is 2.23. The smallest absolute Gasteiger partial charge is 0.406 e. The minimum atomic E-state index is -4.49. The van der Waals surface area contributed by atoms with Gasteiger partial charge in [-0.25, -0.2) is 0 Å². The molecule has 1 saturated heterocycles. The molecule has 6 nitrogen and oxygen atoms in total. The first-order valence-corrected chi connectivity index (χ1v) is 6.45. The number of alkyl halides is 3. The van der Waals surface area contributed by atoms with Crippen molar-refractivity contribution in [3.63, 3.8) is 0 Å². The zero-order valence-corrected chi connectivity index (χ0v) is 11.4. The van der Waals surface area contributed by atoms with Crippen LogP contribution in [0.3, 0.4) is 0 Å². The van der Waals surface area contributed by atoms with Crippen LogP contribution >= 0.6 is 0 Å². The summed E-state index contributed by atoms with van der Waals surface area (Å²) in [6, 6.07) is 0. The molecule has 0 aliphatic carbocycles. The molecular formula is C12H17F3N2O4. The fraction of sp³-hybridized carbons (Fsp3) is 0.750. The number of amides is 2. The summed E-state index contributed by atoms with van der Waals surface area (Å²) in [5.74, 6) is -3.66. The Morgan fingerprint density at radius 1 is 1.48 bits per heavy atom. The lowest BCUT2D eigenvalue weighted by atomic mass is 10.1. The zero-order valence-electron chi connectivity index (χ0n) is 11.4. The summed E-state index contributed by atoms with van der Waals surface area (Å²) in [4.78, 5) is 34.3. The van der Waals surface area contributed by atoms with Crippen LogP contribution in [0.15, 0.2) is 0 Å². The number of aliphatic carboxylic acids is 1. The molecule has 0 aromatic heterocycles. The predicted octanol–water partition coefficient (Wildman–Crippen LogP) is 0.624.